The van der Waals surface area contributed by atoms with Crippen LogP contribution in [0.1, 0.15) is 25.3 Å². The van der Waals surface area contributed by atoms with E-state index >= 15 is 0 Å². The average molecular weight is 298 g/mol. The lowest BCUT2D eigenvalue weighted by molar-refractivity contribution is -0.114. The molecule has 2 aromatic rings. The summed E-state index contributed by atoms with van der Waals surface area (Å²) in [5.41, 5.74) is 7.28. The predicted octanol–water partition coefficient (Wildman–Crippen LogP) is 3.72. The van der Waals surface area contributed by atoms with E-state index < -0.39 is 0 Å². The molecule has 0 unspecified atom stereocenters. The zero-order valence-electron chi connectivity index (χ0n) is 12.8. The molecule has 0 radical (unpaired) electrons. The number of nitrogens with one attached hydrogen (secondary N) is 1. The van der Waals surface area contributed by atoms with Gasteiger partial charge < -0.3 is 15.8 Å². The van der Waals surface area contributed by atoms with E-state index in [1.54, 1.807) is 12.1 Å². The van der Waals surface area contributed by atoms with Crippen molar-refractivity contribution in [1.29, 1.82) is 0 Å². The Hall–Kier alpha value is -2.33. The van der Waals surface area contributed by atoms with Crippen LogP contribution in [-0.4, -0.2) is 12.5 Å². The first kappa shape index (κ1) is 16.0. The average Bonchev–Trinajstić information content (AvgIpc) is 2.54. The van der Waals surface area contributed by atoms with Gasteiger partial charge in [-0.1, -0.05) is 31.5 Å². The van der Waals surface area contributed by atoms with Gasteiger partial charge in [0.1, 0.15) is 11.5 Å². The molecule has 3 N–H and O–H groups in total. The van der Waals surface area contributed by atoms with Crippen LogP contribution in [0.3, 0.4) is 0 Å². The van der Waals surface area contributed by atoms with Gasteiger partial charge in [-0.25, -0.2) is 0 Å². The Bertz CT molecular complexity index is 609. The van der Waals surface area contributed by atoms with Crippen molar-refractivity contribution in [3.05, 3.63) is 54.1 Å². The van der Waals surface area contributed by atoms with Crippen molar-refractivity contribution >= 4 is 11.6 Å². The highest BCUT2D eigenvalue weighted by Crippen LogP contribution is 2.24. The fourth-order valence-electron chi connectivity index (χ4n) is 2.09. The van der Waals surface area contributed by atoms with E-state index in [0.717, 1.165) is 12.2 Å². The van der Waals surface area contributed by atoms with Crippen molar-refractivity contribution in [2.24, 2.45) is 5.73 Å². The molecule has 0 spiro atoms. The summed E-state index contributed by atoms with van der Waals surface area (Å²) in [6.45, 7) is 2.15. The number of aryl methyl sites for hydroxylation is 1. The molecular formula is C18H22N2O2. The summed E-state index contributed by atoms with van der Waals surface area (Å²) < 4.78 is 5.81. The summed E-state index contributed by atoms with van der Waals surface area (Å²) in [4.78, 5) is 11.3. The van der Waals surface area contributed by atoms with Crippen LogP contribution in [0.4, 0.5) is 5.69 Å². The number of hydrogen-bond acceptors (Lipinski definition) is 3. The van der Waals surface area contributed by atoms with Crippen LogP contribution < -0.4 is 15.8 Å². The summed E-state index contributed by atoms with van der Waals surface area (Å²) in [5, 5.41) is 2.71. The summed E-state index contributed by atoms with van der Waals surface area (Å²) >= 11 is 0. The van der Waals surface area contributed by atoms with Crippen molar-refractivity contribution < 1.29 is 9.53 Å². The quantitative estimate of drug-likeness (QED) is 0.819. The van der Waals surface area contributed by atoms with E-state index in [2.05, 4.69) is 24.4 Å². The molecule has 2 rings (SSSR count). The molecule has 0 bridgehead atoms. The Kier molecular flexibility index (Phi) is 5.98. The van der Waals surface area contributed by atoms with Crippen molar-refractivity contribution in [3.8, 4) is 11.5 Å². The molecule has 0 fully saturated rings. The molecule has 0 aliphatic heterocycles. The third-order valence-electron chi connectivity index (χ3n) is 3.28. The Morgan fingerprint density at radius 3 is 2.59 bits per heavy atom. The zero-order chi connectivity index (χ0) is 15.8. The van der Waals surface area contributed by atoms with Gasteiger partial charge in [-0.05, 0) is 42.7 Å². The van der Waals surface area contributed by atoms with E-state index in [4.69, 9.17) is 10.5 Å². The van der Waals surface area contributed by atoms with Crippen LogP contribution in [0.5, 0.6) is 11.5 Å². The number of nitrogens with two attached hydrogens (primary N) is 1. The van der Waals surface area contributed by atoms with Crippen LogP contribution in [0.15, 0.2) is 48.5 Å². The number of carbonyl (C=O) groups is 1. The summed E-state index contributed by atoms with van der Waals surface area (Å²) in [6, 6.07) is 15.4. The van der Waals surface area contributed by atoms with Crippen LogP contribution in [0.25, 0.3) is 0 Å². The number of anilines is 1. The van der Waals surface area contributed by atoms with E-state index in [9.17, 15) is 4.79 Å². The van der Waals surface area contributed by atoms with Crippen molar-refractivity contribution in [2.75, 3.05) is 11.9 Å². The third kappa shape index (κ3) is 4.90. The minimum absolute atomic E-state index is 0.0374. The number of ether oxygens (including phenoxy) is 1. The highest BCUT2D eigenvalue weighted by Gasteiger charge is 2.02. The van der Waals surface area contributed by atoms with Crippen molar-refractivity contribution in [2.45, 2.75) is 26.2 Å². The third-order valence-corrected chi connectivity index (χ3v) is 3.28. The minimum Gasteiger partial charge on any atom is -0.457 e. The molecule has 1 amide bonds. The van der Waals surface area contributed by atoms with Crippen molar-refractivity contribution in [3.63, 3.8) is 0 Å². The topological polar surface area (TPSA) is 64.3 Å². The van der Waals surface area contributed by atoms with E-state index in [-0.39, 0.29) is 12.5 Å². The maximum atomic E-state index is 11.3. The highest BCUT2D eigenvalue weighted by molar-refractivity contribution is 5.92. The van der Waals surface area contributed by atoms with Crippen molar-refractivity contribution in [1.82, 2.24) is 0 Å². The second-order valence-electron chi connectivity index (χ2n) is 5.13. The normalized spacial score (nSPS) is 10.3. The lowest BCUT2D eigenvalue weighted by Crippen LogP contribution is -2.21. The summed E-state index contributed by atoms with van der Waals surface area (Å²) in [7, 11) is 0. The number of amides is 1. The summed E-state index contributed by atoms with van der Waals surface area (Å²) in [5.74, 6) is 1.23. The van der Waals surface area contributed by atoms with Crippen LogP contribution in [0.2, 0.25) is 0 Å². The van der Waals surface area contributed by atoms with Gasteiger partial charge in [0.25, 0.3) is 0 Å². The molecule has 0 aliphatic rings. The van der Waals surface area contributed by atoms with Gasteiger partial charge in [-0.2, -0.15) is 0 Å². The Morgan fingerprint density at radius 1 is 1.14 bits per heavy atom. The maximum absolute atomic E-state index is 11.3. The molecule has 22 heavy (non-hydrogen) atoms. The lowest BCUT2D eigenvalue weighted by Gasteiger charge is -2.09. The first-order valence-electron chi connectivity index (χ1n) is 7.58. The van der Waals surface area contributed by atoms with Crippen LogP contribution in [-0.2, 0) is 11.2 Å². The van der Waals surface area contributed by atoms with E-state index in [0.29, 0.717) is 11.4 Å². The predicted molar refractivity (Wildman–Crippen MR) is 89.3 cm³/mol. The minimum atomic E-state index is -0.225. The fourth-order valence-corrected chi connectivity index (χ4v) is 2.09. The molecule has 0 saturated heterocycles. The SMILES string of the molecule is CCCCc1ccc(Oc2cccc(NC(=O)CN)c2)cc1. The number of unbranched alkanes of at least 4 members (excludes halogenated alkanes) is 1. The number of benzene rings is 2. The molecule has 0 saturated carbocycles. The first-order chi connectivity index (χ1) is 10.7. The number of carbonyl (C=O) groups excluding carboxylic acids is 1. The molecule has 4 heteroatoms. The Morgan fingerprint density at radius 2 is 1.91 bits per heavy atom. The highest BCUT2D eigenvalue weighted by atomic mass is 16.5. The van der Waals surface area contributed by atoms with Crippen LogP contribution in [0, 0.1) is 0 Å². The molecule has 116 valence electrons. The largest absolute Gasteiger partial charge is 0.457 e. The molecule has 0 heterocycles. The van der Waals surface area contributed by atoms with Gasteiger partial charge in [0, 0.05) is 11.8 Å². The standard InChI is InChI=1S/C18H22N2O2/c1-2-3-5-14-8-10-16(11-9-14)22-17-7-4-6-15(12-17)20-18(21)13-19/h4,6-12H,2-3,5,13,19H2,1H3,(H,20,21). The van der Waals surface area contributed by atoms with Gasteiger partial charge in [-0.3, -0.25) is 4.79 Å². The lowest BCUT2D eigenvalue weighted by atomic mass is 10.1. The van der Waals surface area contributed by atoms with Gasteiger partial charge in [0.2, 0.25) is 5.91 Å². The van der Waals surface area contributed by atoms with Gasteiger partial charge in [0.15, 0.2) is 0 Å². The van der Waals surface area contributed by atoms with Crippen LogP contribution >= 0.6 is 0 Å². The molecule has 2 aromatic carbocycles. The number of hydrogen-bond donors (Lipinski definition) is 2. The fraction of sp³-hybridized carbons (Fsp3) is 0.278. The molecule has 4 nitrogen and oxygen atoms in total. The zero-order valence-corrected chi connectivity index (χ0v) is 12.8. The van der Waals surface area contributed by atoms with Gasteiger partial charge in [-0.15, -0.1) is 0 Å². The van der Waals surface area contributed by atoms with E-state index in [1.807, 2.05) is 24.3 Å². The summed E-state index contributed by atoms with van der Waals surface area (Å²) in [6.07, 6.45) is 3.49. The van der Waals surface area contributed by atoms with Gasteiger partial charge >= 0.3 is 0 Å². The smallest absolute Gasteiger partial charge is 0.238 e. The van der Waals surface area contributed by atoms with E-state index in [1.165, 1.54) is 18.4 Å². The first-order valence-corrected chi connectivity index (χ1v) is 7.58. The molecule has 0 aliphatic carbocycles. The second-order valence-corrected chi connectivity index (χ2v) is 5.13. The Balaban J connectivity index is 2.00. The number of rotatable bonds is 7. The molecule has 0 atom stereocenters. The molecule has 0 aromatic heterocycles. The molecular weight excluding hydrogens is 276 g/mol. The van der Waals surface area contributed by atoms with Gasteiger partial charge in [0.05, 0.1) is 6.54 Å². The monoisotopic (exact) mass is 298 g/mol. The Labute approximate surface area is 131 Å². The maximum Gasteiger partial charge on any atom is 0.238 e. The second kappa shape index (κ2) is 8.20.